The first-order valence-electron chi connectivity index (χ1n) is 6.29. The Bertz CT molecular complexity index is 351. The Morgan fingerprint density at radius 3 is 2.11 bits per heavy atom. The summed E-state index contributed by atoms with van der Waals surface area (Å²) < 4.78 is 9.85. The minimum absolute atomic E-state index is 0.176. The van der Waals surface area contributed by atoms with Crippen LogP contribution in [0.15, 0.2) is 11.6 Å². The highest BCUT2D eigenvalue weighted by atomic mass is 16.6. The van der Waals surface area contributed by atoms with Crippen molar-refractivity contribution in [3.63, 3.8) is 0 Å². The normalized spacial score (nSPS) is 14.1. The summed E-state index contributed by atoms with van der Waals surface area (Å²) in [6, 6.07) is -0.755. The highest BCUT2D eigenvalue weighted by Gasteiger charge is 2.28. The van der Waals surface area contributed by atoms with E-state index < -0.39 is 23.7 Å². The number of esters is 1. The Labute approximate surface area is 115 Å². The molecule has 0 aliphatic carbocycles. The van der Waals surface area contributed by atoms with Crippen LogP contribution in [0.1, 0.15) is 41.5 Å². The van der Waals surface area contributed by atoms with Crippen molar-refractivity contribution in [1.82, 2.24) is 5.32 Å². The molecule has 0 aliphatic rings. The first-order chi connectivity index (χ1) is 8.56. The number of carbonyl (C=O) groups is 2. The summed E-state index contributed by atoms with van der Waals surface area (Å²) in [7, 11) is 1.29. The Hall–Kier alpha value is -1.52. The summed E-state index contributed by atoms with van der Waals surface area (Å²) in [5.74, 6) is -0.666. The van der Waals surface area contributed by atoms with Crippen LogP contribution in [0.2, 0.25) is 0 Å². The minimum atomic E-state index is -0.755. The smallest absolute Gasteiger partial charge is 0.408 e. The number of methoxy groups -OCH3 is 1. The van der Waals surface area contributed by atoms with Gasteiger partial charge >= 0.3 is 12.1 Å². The van der Waals surface area contributed by atoms with Gasteiger partial charge in [-0.15, -0.1) is 0 Å². The van der Waals surface area contributed by atoms with Gasteiger partial charge in [0, 0.05) is 5.92 Å². The van der Waals surface area contributed by atoms with Crippen molar-refractivity contribution >= 4 is 12.1 Å². The maximum absolute atomic E-state index is 11.7. The molecule has 19 heavy (non-hydrogen) atoms. The van der Waals surface area contributed by atoms with Crippen LogP contribution in [-0.4, -0.2) is 30.8 Å². The standard InChI is InChI=1S/C14H25NO4/c1-9(2)8-10(3)11(12(16)18-7)15-13(17)19-14(4,5)6/h8,10-11H,1-7H3,(H,15,17)/t10-,11+/m1/s1. The van der Waals surface area contributed by atoms with Crippen molar-refractivity contribution < 1.29 is 19.1 Å². The molecular formula is C14H25NO4. The van der Waals surface area contributed by atoms with E-state index in [9.17, 15) is 9.59 Å². The third kappa shape index (κ3) is 7.49. The van der Waals surface area contributed by atoms with Crippen LogP contribution in [0.3, 0.4) is 0 Å². The van der Waals surface area contributed by atoms with Crippen LogP contribution in [0.4, 0.5) is 4.79 Å². The van der Waals surface area contributed by atoms with E-state index >= 15 is 0 Å². The number of nitrogens with one attached hydrogen (secondary N) is 1. The van der Waals surface area contributed by atoms with Gasteiger partial charge in [-0.05, 0) is 34.6 Å². The van der Waals surface area contributed by atoms with E-state index in [0.717, 1.165) is 5.57 Å². The topological polar surface area (TPSA) is 64.6 Å². The molecule has 0 spiro atoms. The lowest BCUT2D eigenvalue weighted by molar-refractivity contribution is -0.144. The molecule has 0 aliphatic heterocycles. The summed E-state index contributed by atoms with van der Waals surface area (Å²) >= 11 is 0. The summed E-state index contributed by atoms with van der Waals surface area (Å²) in [6.07, 6.45) is 1.27. The molecule has 0 aromatic carbocycles. The van der Waals surface area contributed by atoms with Crippen LogP contribution in [0.5, 0.6) is 0 Å². The van der Waals surface area contributed by atoms with E-state index in [0.29, 0.717) is 0 Å². The SMILES string of the molecule is COC(=O)[C@@H](NC(=O)OC(C)(C)C)[C@H](C)C=C(C)C. The molecule has 1 N–H and O–H groups in total. The third-order valence-electron chi connectivity index (χ3n) is 2.25. The molecular weight excluding hydrogens is 246 g/mol. The average molecular weight is 271 g/mol. The van der Waals surface area contributed by atoms with Crippen molar-refractivity contribution in [2.24, 2.45) is 5.92 Å². The van der Waals surface area contributed by atoms with Gasteiger partial charge in [0.05, 0.1) is 7.11 Å². The molecule has 0 bridgehead atoms. The number of allylic oxidation sites excluding steroid dienone is 1. The lowest BCUT2D eigenvalue weighted by atomic mass is 10.00. The second-order valence-electron chi connectivity index (χ2n) is 5.75. The van der Waals surface area contributed by atoms with Gasteiger partial charge in [-0.2, -0.15) is 0 Å². The number of carbonyl (C=O) groups excluding carboxylic acids is 2. The maximum Gasteiger partial charge on any atom is 0.408 e. The van der Waals surface area contributed by atoms with Gasteiger partial charge < -0.3 is 14.8 Å². The molecule has 0 rings (SSSR count). The largest absolute Gasteiger partial charge is 0.467 e. The molecule has 2 atom stereocenters. The number of alkyl carbamates (subject to hydrolysis) is 1. The summed E-state index contributed by atoms with van der Waals surface area (Å²) in [6.45, 7) is 11.0. The van der Waals surface area contributed by atoms with E-state index in [1.54, 1.807) is 20.8 Å². The van der Waals surface area contributed by atoms with Gasteiger partial charge in [0.1, 0.15) is 11.6 Å². The van der Waals surface area contributed by atoms with E-state index in [2.05, 4.69) is 5.32 Å². The summed E-state index contributed by atoms with van der Waals surface area (Å²) in [5, 5.41) is 2.55. The minimum Gasteiger partial charge on any atom is -0.467 e. The Balaban J connectivity index is 4.84. The molecule has 5 nitrogen and oxygen atoms in total. The fourth-order valence-electron chi connectivity index (χ4n) is 1.59. The fourth-order valence-corrected chi connectivity index (χ4v) is 1.59. The molecule has 0 radical (unpaired) electrons. The van der Waals surface area contributed by atoms with Gasteiger partial charge in [0.15, 0.2) is 0 Å². The lowest BCUT2D eigenvalue weighted by Crippen LogP contribution is -2.47. The van der Waals surface area contributed by atoms with Crippen LogP contribution < -0.4 is 5.32 Å². The first-order valence-corrected chi connectivity index (χ1v) is 6.29. The van der Waals surface area contributed by atoms with Crippen LogP contribution in [0.25, 0.3) is 0 Å². The van der Waals surface area contributed by atoms with Gasteiger partial charge in [-0.1, -0.05) is 18.6 Å². The maximum atomic E-state index is 11.7. The van der Waals surface area contributed by atoms with Crippen molar-refractivity contribution in [3.05, 3.63) is 11.6 Å². The van der Waals surface area contributed by atoms with E-state index in [1.165, 1.54) is 7.11 Å². The van der Waals surface area contributed by atoms with Gasteiger partial charge in [-0.3, -0.25) is 0 Å². The zero-order chi connectivity index (χ0) is 15.2. The van der Waals surface area contributed by atoms with Crippen molar-refractivity contribution in [2.75, 3.05) is 7.11 Å². The predicted molar refractivity (Wildman–Crippen MR) is 73.8 cm³/mol. The van der Waals surface area contributed by atoms with Crippen LogP contribution in [0, 0.1) is 5.92 Å². The van der Waals surface area contributed by atoms with Gasteiger partial charge in [0.25, 0.3) is 0 Å². The van der Waals surface area contributed by atoms with Gasteiger partial charge in [-0.25, -0.2) is 9.59 Å². The van der Waals surface area contributed by atoms with E-state index in [-0.39, 0.29) is 5.92 Å². The Morgan fingerprint density at radius 1 is 1.21 bits per heavy atom. The zero-order valence-electron chi connectivity index (χ0n) is 12.9. The molecule has 0 saturated heterocycles. The number of hydrogen-bond donors (Lipinski definition) is 1. The molecule has 0 saturated carbocycles. The van der Waals surface area contributed by atoms with Crippen molar-refractivity contribution in [3.8, 4) is 0 Å². The quantitative estimate of drug-likeness (QED) is 0.630. The number of amides is 1. The molecule has 0 fully saturated rings. The molecule has 110 valence electrons. The zero-order valence-corrected chi connectivity index (χ0v) is 12.9. The second kappa shape index (κ2) is 7.16. The molecule has 0 heterocycles. The second-order valence-corrected chi connectivity index (χ2v) is 5.75. The number of hydrogen-bond acceptors (Lipinski definition) is 4. The third-order valence-corrected chi connectivity index (χ3v) is 2.25. The van der Waals surface area contributed by atoms with Gasteiger partial charge in [0.2, 0.25) is 0 Å². The lowest BCUT2D eigenvalue weighted by Gasteiger charge is -2.24. The molecule has 0 aromatic rings. The van der Waals surface area contributed by atoms with Crippen molar-refractivity contribution in [1.29, 1.82) is 0 Å². The Kier molecular flexibility index (Phi) is 6.59. The number of ether oxygens (including phenoxy) is 2. The highest BCUT2D eigenvalue weighted by Crippen LogP contribution is 2.12. The number of rotatable bonds is 4. The first kappa shape index (κ1) is 17.5. The van der Waals surface area contributed by atoms with Crippen LogP contribution >= 0.6 is 0 Å². The van der Waals surface area contributed by atoms with E-state index in [4.69, 9.17) is 9.47 Å². The van der Waals surface area contributed by atoms with Crippen LogP contribution in [-0.2, 0) is 14.3 Å². The van der Waals surface area contributed by atoms with E-state index in [1.807, 2.05) is 26.8 Å². The Morgan fingerprint density at radius 2 is 1.74 bits per heavy atom. The fraction of sp³-hybridized carbons (Fsp3) is 0.714. The summed E-state index contributed by atoms with van der Waals surface area (Å²) in [4.78, 5) is 23.4. The highest BCUT2D eigenvalue weighted by molar-refractivity contribution is 5.81. The monoisotopic (exact) mass is 271 g/mol. The molecule has 5 heteroatoms. The average Bonchev–Trinajstić information content (AvgIpc) is 2.21. The molecule has 0 aromatic heterocycles. The molecule has 0 unspecified atom stereocenters. The molecule has 1 amide bonds. The van der Waals surface area contributed by atoms with Crippen molar-refractivity contribution in [2.45, 2.75) is 53.2 Å². The predicted octanol–water partition coefficient (Wildman–Crippen LogP) is 2.66. The summed E-state index contributed by atoms with van der Waals surface area (Å²) in [5.41, 5.74) is 0.456.